The molecule has 15 heavy (non-hydrogen) atoms. The van der Waals surface area contributed by atoms with Crippen LogP contribution < -0.4 is 5.32 Å². The van der Waals surface area contributed by atoms with E-state index in [0.717, 1.165) is 10.6 Å². The maximum atomic E-state index is 10.8. The molecule has 0 bridgehead atoms. The summed E-state index contributed by atoms with van der Waals surface area (Å²) in [7, 11) is 1.31. The van der Waals surface area contributed by atoms with E-state index in [4.69, 9.17) is 0 Å². The first kappa shape index (κ1) is 11.5. The first-order valence-corrected chi connectivity index (χ1v) is 5.12. The Morgan fingerprint density at radius 3 is 2.87 bits per heavy atom. The molecule has 1 heterocycles. The summed E-state index contributed by atoms with van der Waals surface area (Å²) in [6, 6.07) is 1.81. The minimum absolute atomic E-state index is 0.134. The SMILES string of the molecule is COC(=O)C=Cc1ccsc1NC(C)=O. The molecule has 0 aliphatic heterocycles. The first-order chi connectivity index (χ1) is 7.13. The maximum absolute atomic E-state index is 10.8. The number of hydrogen-bond acceptors (Lipinski definition) is 4. The van der Waals surface area contributed by atoms with Gasteiger partial charge in [0.2, 0.25) is 5.91 Å². The van der Waals surface area contributed by atoms with Gasteiger partial charge in [-0.2, -0.15) is 0 Å². The molecule has 1 amide bonds. The molecule has 0 aliphatic carbocycles. The van der Waals surface area contributed by atoms with Crippen LogP contribution in [0.1, 0.15) is 12.5 Å². The predicted molar refractivity (Wildman–Crippen MR) is 59.7 cm³/mol. The number of hydrogen-bond donors (Lipinski definition) is 1. The Labute approximate surface area is 91.6 Å². The number of methoxy groups -OCH3 is 1. The summed E-state index contributed by atoms with van der Waals surface area (Å²) in [6.07, 6.45) is 2.92. The fourth-order valence-electron chi connectivity index (χ4n) is 0.938. The molecule has 0 saturated heterocycles. The van der Waals surface area contributed by atoms with E-state index in [1.54, 1.807) is 6.08 Å². The van der Waals surface area contributed by atoms with Crippen molar-refractivity contribution in [1.29, 1.82) is 0 Å². The van der Waals surface area contributed by atoms with Crippen LogP contribution in [0.2, 0.25) is 0 Å². The quantitative estimate of drug-likeness (QED) is 0.631. The second-order valence-corrected chi connectivity index (χ2v) is 3.66. The van der Waals surface area contributed by atoms with Crippen molar-refractivity contribution in [2.24, 2.45) is 0 Å². The predicted octanol–water partition coefficient (Wildman–Crippen LogP) is 1.89. The van der Waals surface area contributed by atoms with Crippen LogP contribution >= 0.6 is 11.3 Å². The van der Waals surface area contributed by atoms with E-state index in [-0.39, 0.29) is 5.91 Å². The molecule has 0 atom stereocenters. The van der Waals surface area contributed by atoms with Crippen molar-refractivity contribution in [2.45, 2.75) is 6.92 Å². The van der Waals surface area contributed by atoms with E-state index < -0.39 is 5.97 Å². The number of anilines is 1. The van der Waals surface area contributed by atoms with Crippen LogP contribution in [0.3, 0.4) is 0 Å². The third-order valence-corrected chi connectivity index (χ3v) is 2.43. The molecule has 1 aromatic rings. The summed E-state index contributed by atoms with van der Waals surface area (Å²) >= 11 is 1.40. The highest BCUT2D eigenvalue weighted by Gasteiger charge is 2.03. The highest BCUT2D eigenvalue weighted by Crippen LogP contribution is 2.24. The molecule has 0 aromatic carbocycles. The van der Waals surface area contributed by atoms with Crippen molar-refractivity contribution < 1.29 is 14.3 Å². The van der Waals surface area contributed by atoms with E-state index in [0.29, 0.717) is 0 Å². The van der Waals surface area contributed by atoms with E-state index in [9.17, 15) is 9.59 Å². The van der Waals surface area contributed by atoms with Gasteiger partial charge in [-0.15, -0.1) is 11.3 Å². The zero-order chi connectivity index (χ0) is 11.3. The molecule has 4 nitrogen and oxygen atoms in total. The van der Waals surface area contributed by atoms with Gasteiger partial charge in [0.05, 0.1) is 7.11 Å². The Morgan fingerprint density at radius 1 is 1.53 bits per heavy atom. The van der Waals surface area contributed by atoms with Gasteiger partial charge < -0.3 is 10.1 Å². The lowest BCUT2D eigenvalue weighted by atomic mass is 10.3. The Hall–Kier alpha value is -1.62. The summed E-state index contributed by atoms with van der Waals surface area (Å²) in [6.45, 7) is 1.44. The van der Waals surface area contributed by atoms with Crippen molar-refractivity contribution in [3.05, 3.63) is 23.1 Å². The fourth-order valence-corrected chi connectivity index (χ4v) is 1.76. The van der Waals surface area contributed by atoms with Crippen LogP contribution in [-0.4, -0.2) is 19.0 Å². The smallest absolute Gasteiger partial charge is 0.330 e. The zero-order valence-corrected chi connectivity index (χ0v) is 9.26. The van der Waals surface area contributed by atoms with Crippen LogP contribution in [0.4, 0.5) is 5.00 Å². The van der Waals surface area contributed by atoms with Crippen molar-refractivity contribution in [1.82, 2.24) is 0 Å². The van der Waals surface area contributed by atoms with Gasteiger partial charge in [0.25, 0.3) is 0 Å². The standard InChI is InChI=1S/C10H11NO3S/c1-7(12)11-10-8(5-6-15-10)3-4-9(13)14-2/h3-6H,1-2H3,(H,11,12). The van der Waals surface area contributed by atoms with Crippen LogP contribution in [0.25, 0.3) is 6.08 Å². The molecule has 0 unspecified atom stereocenters. The van der Waals surface area contributed by atoms with E-state index in [2.05, 4.69) is 10.1 Å². The first-order valence-electron chi connectivity index (χ1n) is 4.24. The van der Waals surface area contributed by atoms with Gasteiger partial charge in [0, 0.05) is 18.6 Å². The molecule has 1 N–H and O–H groups in total. The van der Waals surface area contributed by atoms with Gasteiger partial charge in [-0.3, -0.25) is 4.79 Å². The number of carbonyl (C=O) groups excluding carboxylic acids is 2. The molecule has 0 spiro atoms. The lowest BCUT2D eigenvalue weighted by molar-refractivity contribution is -0.134. The molecule has 0 fully saturated rings. The third kappa shape index (κ3) is 3.55. The molecule has 0 radical (unpaired) electrons. The number of carbonyl (C=O) groups is 2. The summed E-state index contributed by atoms with van der Waals surface area (Å²) in [4.78, 5) is 21.7. The lowest BCUT2D eigenvalue weighted by Crippen LogP contribution is -2.04. The van der Waals surface area contributed by atoms with E-state index in [1.165, 1.54) is 31.4 Å². The van der Waals surface area contributed by atoms with Crippen molar-refractivity contribution in [3.63, 3.8) is 0 Å². The average Bonchev–Trinajstić information content (AvgIpc) is 2.61. The van der Waals surface area contributed by atoms with Crippen LogP contribution in [0.5, 0.6) is 0 Å². The Balaban J connectivity index is 2.77. The highest BCUT2D eigenvalue weighted by molar-refractivity contribution is 7.14. The molecule has 80 valence electrons. The Kier molecular flexibility index (Phi) is 4.05. The second-order valence-electron chi connectivity index (χ2n) is 2.74. The van der Waals surface area contributed by atoms with Crippen LogP contribution in [-0.2, 0) is 14.3 Å². The minimum atomic E-state index is -0.421. The minimum Gasteiger partial charge on any atom is -0.466 e. The Bertz CT molecular complexity index is 395. The number of thiophene rings is 1. The molecule has 5 heteroatoms. The van der Waals surface area contributed by atoms with Crippen LogP contribution in [0.15, 0.2) is 17.5 Å². The summed E-state index contributed by atoms with van der Waals surface area (Å²) in [5.41, 5.74) is 0.792. The Morgan fingerprint density at radius 2 is 2.27 bits per heavy atom. The van der Waals surface area contributed by atoms with Crippen molar-refractivity contribution >= 4 is 34.3 Å². The monoisotopic (exact) mass is 225 g/mol. The number of amides is 1. The maximum Gasteiger partial charge on any atom is 0.330 e. The van der Waals surface area contributed by atoms with Crippen molar-refractivity contribution in [3.8, 4) is 0 Å². The fraction of sp³-hybridized carbons (Fsp3) is 0.200. The van der Waals surface area contributed by atoms with Gasteiger partial charge in [-0.05, 0) is 17.5 Å². The van der Waals surface area contributed by atoms with Crippen molar-refractivity contribution in [2.75, 3.05) is 12.4 Å². The summed E-state index contributed by atoms with van der Waals surface area (Å²) in [5.74, 6) is -0.555. The summed E-state index contributed by atoms with van der Waals surface area (Å²) in [5, 5.41) is 5.23. The summed E-state index contributed by atoms with van der Waals surface area (Å²) < 4.78 is 4.46. The molecule has 1 rings (SSSR count). The lowest BCUT2D eigenvalue weighted by Gasteiger charge is -1.98. The zero-order valence-electron chi connectivity index (χ0n) is 8.44. The molecular weight excluding hydrogens is 214 g/mol. The third-order valence-electron chi connectivity index (χ3n) is 1.59. The topological polar surface area (TPSA) is 55.4 Å². The van der Waals surface area contributed by atoms with Gasteiger partial charge in [-0.25, -0.2) is 4.79 Å². The molecule has 1 aromatic heterocycles. The number of esters is 1. The normalized spacial score (nSPS) is 10.3. The number of nitrogens with one attached hydrogen (secondary N) is 1. The number of rotatable bonds is 3. The van der Waals surface area contributed by atoms with Gasteiger partial charge in [-0.1, -0.05) is 0 Å². The van der Waals surface area contributed by atoms with Gasteiger partial charge in [0.1, 0.15) is 5.00 Å². The van der Waals surface area contributed by atoms with Gasteiger partial charge in [0.15, 0.2) is 0 Å². The van der Waals surface area contributed by atoms with Gasteiger partial charge >= 0.3 is 5.97 Å². The molecule has 0 saturated carbocycles. The molecule has 0 aliphatic rings. The van der Waals surface area contributed by atoms with E-state index >= 15 is 0 Å². The molecular formula is C10H11NO3S. The number of ether oxygens (including phenoxy) is 1. The highest BCUT2D eigenvalue weighted by atomic mass is 32.1. The van der Waals surface area contributed by atoms with Crippen LogP contribution in [0, 0.1) is 0 Å². The van der Waals surface area contributed by atoms with E-state index in [1.807, 2.05) is 11.4 Å². The second kappa shape index (κ2) is 5.31. The largest absolute Gasteiger partial charge is 0.466 e. The average molecular weight is 225 g/mol.